The smallest absolute Gasteiger partial charge is 0.281 e. The number of H-pyrrole nitrogens is 1. The Bertz CT molecular complexity index is 1390. The van der Waals surface area contributed by atoms with Crippen molar-refractivity contribution in [2.75, 3.05) is 0 Å². The van der Waals surface area contributed by atoms with Crippen molar-refractivity contribution in [3.05, 3.63) is 59.7 Å². The lowest BCUT2D eigenvalue weighted by Crippen LogP contribution is -2.42. The van der Waals surface area contributed by atoms with Gasteiger partial charge in [0.15, 0.2) is 0 Å². The fraction of sp³-hybridized carbons (Fsp3) is 0.158. The Morgan fingerprint density at radius 3 is 2.70 bits per heavy atom. The third kappa shape index (κ3) is 3.81. The van der Waals surface area contributed by atoms with E-state index < -0.39 is 11.8 Å². The van der Waals surface area contributed by atoms with Crippen LogP contribution in [0.15, 0.2) is 23.0 Å². The van der Waals surface area contributed by atoms with Crippen LogP contribution in [0.1, 0.15) is 25.9 Å². The minimum Gasteiger partial charge on any atom is -0.309 e. The summed E-state index contributed by atoms with van der Waals surface area (Å²) >= 11 is 14.8. The lowest BCUT2D eigenvalue weighted by Gasteiger charge is -2.06. The van der Waals surface area contributed by atoms with Crippen molar-refractivity contribution in [3.63, 3.8) is 0 Å². The molecule has 0 radical (unpaired) electrons. The van der Waals surface area contributed by atoms with E-state index in [-0.39, 0.29) is 22.7 Å². The molecule has 0 fully saturated rings. The summed E-state index contributed by atoms with van der Waals surface area (Å²) in [5.41, 5.74) is 5.25. The van der Waals surface area contributed by atoms with Crippen LogP contribution in [0.4, 0.5) is 0 Å². The molecule has 0 aliphatic heterocycles. The van der Waals surface area contributed by atoms with Gasteiger partial charge in [0.1, 0.15) is 15.5 Å². The van der Waals surface area contributed by atoms with Gasteiger partial charge in [0.25, 0.3) is 11.5 Å². The van der Waals surface area contributed by atoms with E-state index in [4.69, 9.17) is 23.2 Å². The normalized spacial score (nSPS) is 11.2. The first-order valence-electron chi connectivity index (χ1n) is 8.70. The zero-order valence-corrected chi connectivity index (χ0v) is 18.8. The van der Waals surface area contributed by atoms with Crippen LogP contribution in [0, 0.1) is 13.8 Å². The van der Waals surface area contributed by atoms with Crippen LogP contribution in [0.25, 0.3) is 20.3 Å². The summed E-state index contributed by atoms with van der Waals surface area (Å²) in [6.07, 6.45) is -0.197. The molecule has 11 heteroatoms. The third-order valence-electron chi connectivity index (χ3n) is 4.53. The molecule has 4 rings (SSSR count). The summed E-state index contributed by atoms with van der Waals surface area (Å²) in [6.45, 7) is 3.77. The van der Waals surface area contributed by atoms with Gasteiger partial charge in [0, 0.05) is 20.0 Å². The molecule has 3 N–H and O–H groups in total. The van der Waals surface area contributed by atoms with E-state index in [1.54, 1.807) is 18.2 Å². The molecular formula is C19H14Cl2N4O3S2. The average molecular weight is 481 g/mol. The zero-order chi connectivity index (χ0) is 21.6. The number of nitrogens with one attached hydrogen (secondary N) is 3. The van der Waals surface area contributed by atoms with E-state index in [1.165, 1.54) is 22.7 Å². The molecule has 0 unspecified atom stereocenters. The van der Waals surface area contributed by atoms with Gasteiger partial charge in [-0.2, -0.15) is 0 Å². The molecule has 0 saturated heterocycles. The van der Waals surface area contributed by atoms with Gasteiger partial charge in [-0.3, -0.25) is 25.2 Å². The number of carbonyl (C=O) groups excluding carboxylic acids is 2. The molecule has 154 valence electrons. The SMILES string of the molecule is Cc1sc2nc(CC(=O)NNC(=O)c3sc4cc(Cl)ccc4c3Cl)[nH]c(=O)c2c1C. The number of thiophene rings is 2. The maximum Gasteiger partial charge on any atom is 0.281 e. The van der Waals surface area contributed by atoms with E-state index in [1.807, 2.05) is 13.8 Å². The number of aryl methyl sites for hydroxylation is 2. The number of hydrogen-bond acceptors (Lipinski definition) is 6. The van der Waals surface area contributed by atoms with Crippen molar-refractivity contribution in [1.82, 2.24) is 20.8 Å². The highest BCUT2D eigenvalue weighted by atomic mass is 35.5. The number of nitrogens with zero attached hydrogens (tertiary/aromatic N) is 1. The molecule has 0 aliphatic rings. The number of hydrazine groups is 1. The fourth-order valence-electron chi connectivity index (χ4n) is 2.95. The molecule has 30 heavy (non-hydrogen) atoms. The molecule has 0 bridgehead atoms. The van der Waals surface area contributed by atoms with Gasteiger partial charge in [-0.25, -0.2) is 4.98 Å². The molecule has 4 aromatic rings. The predicted molar refractivity (Wildman–Crippen MR) is 121 cm³/mol. The van der Waals surface area contributed by atoms with Gasteiger partial charge in [0.05, 0.1) is 16.8 Å². The lowest BCUT2D eigenvalue weighted by molar-refractivity contribution is -0.121. The number of benzene rings is 1. The molecule has 0 atom stereocenters. The number of carbonyl (C=O) groups is 2. The molecule has 1 aromatic carbocycles. The van der Waals surface area contributed by atoms with Crippen molar-refractivity contribution in [2.24, 2.45) is 0 Å². The first-order chi connectivity index (χ1) is 14.2. The molecule has 7 nitrogen and oxygen atoms in total. The summed E-state index contributed by atoms with van der Waals surface area (Å²) in [6, 6.07) is 5.14. The Balaban J connectivity index is 1.46. The standard InChI is InChI=1S/C19H14Cl2N4O3S2/c1-7-8(2)29-19-14(7)17(27)22-12(23-19)6-13(26)24-25-18(28)16-15(21)10-4-3-9(20)5-11(10)30-16/h3-5H,6H2,1-2H3,(H,24,26)(H,25,28)(H,22,23,27). The van der Waals surface area contributed by atoms with E-state index >= 15 is 0 Å². The number of halogens is 2. The zero-order valence-electron chi connectivity index (χ0n) is 15.7. The van der Waals surface area contributed by atoms with Gasteiger partial charge >= 0.3 is 0 Å². The second-order valence-electron chi connectivity index (χ2n) is 6.54. The predicted octanol–water partition coefficient (Wildman–Crippen LogP) is 4.13. The van der Waals surface area contributed by atoms with Gasteiger partial charge in [-0.05, 0) is 31.5 Å². The minimum absolute atomic E-state index is 0.197. The third-order valence-corrected chi connectivity index (χ3v) is 7.52. The highest BCUT2D eigenvalue weighted by molar-refractivity contribution is 7.21. The first-order valence-corrected chi connectivity index (χ1v) is 11.1. The van der Waals surface area contributed by atoms with Gasteiger partial charge in [-0.1, -0.05) is 29.3 Å². The highest BCUT2D eigenvalue weighted by Gasteiger charge is 2.19. The molecular weight excluding hydrogens is 467 g/mol. The number of aromatic nitrogens is 2. The molecule has 0 aliphatic carbocycles. The Kier molecular flexibility index (Phi) is 5.54. The van der Waals surface area contributed by atoms with Crippen molar-refractivity contribution in [3.8, 4) is 0 Å². The van der Waals surface area contributed by atoms with Crippen LogP contribution < -0.4 is 16.4 Å². The summed E-state index contributed by atoms with van der Waals surface area (Å²) in [7, 11) is 0. The van der Waals surface area contributed by atoms with E-state index in [0.717, 1.165) is 15.1 Å². The summed E-state index contributed by atoms with van der Waals surface area (Å²) < 4.78 is 0.764. The van der Waals surface area contributed by atoms with Gasteiger partial charge in [-0.15, -0.1) is 22.7 Å². The van der Waals surface area contributed by atoms with Crippen LogP contribution in [0.3, 0.4) is 0 Å². The Morgan fingerprint density at radius 2 is 1.93 bits per heavy atom. The van der Waals surface area contributed by atoms with Crippen LogP contribution >= 0.6 is 45.9 Å². The van der Waals surface area contributed by atoms with Crippen molar-refractivity contribution >= 4 is 78.0 Å². The lowest BCUT2D eigenvalue weighted by atomic mass is 10.2. The summed E-state index contributed by atoms with van der Waals surface area (Å²) in [4.78, 5) is 45.8. The summed E-state index contributed by atoms with van der Waals surface area (Å²) in [5, 5.41) is 2.07. The maximum atomic E-state index is 12.4. The monoisotopic (exact) mass is 480 g/mol. The largest absolute Gasteiger partial charge is 0.309 e. The Morgan fingerprint density at radius 1 is 1.17 bits per heavy atom. The molecule has 0 saturated carbocycles. The fourth-order valence-corrected chi connectivity index (χ4v) is 5.68. The maximum absolute atomic E-state index is 12.4. The molecule has 0 spiro atoms. The van der Waals surface area contributed by atoms with Gasteiger partial charge in [0.2, 0.25) is 5.91 Å². The Hall–Kier alpha value is -2.46. The first kappa shape index (κ1) is 20.8. The topological polar surface area (TPSA) is 104 Å². The van der Waals surface area contributed by atoms with Gasteiger partial charge < -0.3 is 4.98 Å². The number of fused-ring (bicyclic) bond motifs is 2. The van der Waals surface area contributed by atoms with Crippen molar-refractivity contribution < 1.29 is 9.59 Å². The number of rotatable bonds is 3. The quantitative estimate of drug-likeness (QED) is 0.383. The molecule has 3 aromatic heterocycles. The van der Waals surface area contributed by atoms with Crippen LogP contribution in [0.5, 0.6) is 0 Å². The van der Waals surface area contributed by atoms with Crippen molar-refractivity contribution in [2.45, 2.75) is 20.3 Å². The van der Waals surface area contributed by atoms with Crippen LogP contribution in [-0.4, -0.2) is 21.8 Å². The van der Waals surface area contributed by atoms with Crippen LogP contribution in [0.2, 0.25) is 10.0 Å². The minimum atomic E-state index is -0.549. The molecule has 3 heterocycles. The number of aromatic amines is 1. The highest BCUT2D eigenvalue weighted by Crippen LogP contribution is 2.36. The average Bonchev–Trinajstić information content (AvgIpc) is 3.16. The van der Waals surface area contributed by atoms with E-state index in [2.05, 4.69) is 20.8 Å². The second kappa shape index (κ2) is 7.99. The van der Waals surface area contributed by atoms with Crippen molar-refractivity contribution in [1.29, 1.82) is 0 Å². The number of hydrogen-bond donors (Lipinski definition) is 3. The Labute approximate surface area is 188 Å². The van der Waals surface area contributed by atoms with E-state index in [9.17, 15) is 14.4 Å². The number of amides is 2. The van der Waals surface area contributed by atoms with E-state index in [0.29, 0.717) is 25.6 Å². The van der Waals surface area contributed by atoms with Crippen LogP contribution in [-0.2, 0) is 11.2 Å². The second-order valence-corrected chi connectivity index (χ2v) is 9.61. The molecule has 2 amide bonds. The summed E-state index contributed by atoms with van der Waals surface area (Å²) in [5.74, 6) is -0.863.